The van der Waals surface area contributed by atoms with Gasteiger partial charge in [-0.15, -0.1) is 0 Å². The van der Waals surface area contributed by atoms with Crippen LogP contribution in [0.5, 0.6) is 0 Å². The number of halogens is 2. The lowest BCUT2D eigenvalue weighted by atomic mass is 10.3. The molecule has 84 valence electrons. The monoisotopic (exact) mass is 274 g/mol. The summed E-state index contributed by atoms with van der Waals surface area (Å²) in [5.74, 6) is 0.690. The fraction of sp³-hybridized carbons (Fsp3) is 0.222. The molecule has 0 unspecified atom stereocenters. The van der Waals surface area contributed by atoms with E-state index in [9.17, 15) is 0 Å². The molecule has 7 heteroatoms. The van der Waals surface area contributed by atoms with Crippen molar-refractivity contribution in [2.45, 2.75) is 10.9 Å². The van der Waals surface area contributed by atoms with E-state index in [2.05, 4.69) is 15.1 Å². The van der Waals surface area contributed by atoms with E-state index < -0.39 is 0 Å². The molecule has 0 saturated heterocycles. The van der Waals surface area contributed by atoms with E-state index in [0.717, 1.165) is 10.7 Å². The van der Waals surface area contributed by atoms with Gasteiger partial charge < -0.3 is 0 Å². The van der Waals surface area contributed by atoms with Gasteiger partial charge in [-0.3, -0.25) is 0 Å². The number of hydrogen-bond donors (Lipinski definition) is 0. The van der Waals surface area contributed by atoms with E-state index in [4.69, 9.17) is 23.2 Å². The fourth-order valence-corrected chi connectivity index (χ4v) is 2.47. The third-order valence-electron chi connectivity index (χ3n) is 1.92. The Balaban J connectivity index is 2.08. The molecule has 0 atom stereocenters. The first-order chi connectivity index (χ1) is 7.66. The molecule has 0 spiro atoms. The molecule has 0 amide bonds. The first kappa shape index (κ1) is 11.7. The standard InChI is InChI=1S/C9H8Cl2N4S/c1-15-9(12-5-13-15)16-4-6-2-3-7(10)14-8(6)11/h2-3,5H,4H2,1H3. The minimum atomic E-state index is 0.400. The number of hydrogen-bond acceptors (Lipinski definition) is 4. The second-order valence-corrected chi connectivity index (χ2v) is 4.73. The highest BCUT2D eigenvalue weighted by atomic mass is 35.5. The van der Waals surface area contributed by atoms with Crippen LogP contribution in [0.4, 0.5) is 0 Å². The van der Waals surface area contributed by atoms with Crippen molar-refractivity contribution in [3.8, 4) is 0 Å². The highest BCUT2D eigenvalue weighted by Crippen LogP contribution is 2.24. The summed E-state index contributed by atoms with van der Waals surface area (Å²) in [7, 11) is 1.84. The van der Waals surface area contributed by atoms with Crippen molar-refractivity contribution < 1.29 is 0 Å². The van der Waals surface area contributed by atoms with Crippen LogP contribution in [0, 0.1) is 0 Å². The second kappa shape index (κ2) is 5.03. The third kappa shape index (κ3) is 2.66. The number of nitrogens with zero attached hydrogens (tertiary/aromatic N) is 4. The van der Waals surface area contributed by atoms with Crippen molar-refractivity contribution in [1.29, 1.82) is 0 Å². The van der Waals surface area contributed by atoms with E-state index in [1.54, 1.807) is 22.5 Å². The topological polar surface area (TPSA) is 43.6 Å². The summed E-state index contributed by atoms with van der Waals surface area (Å²) in [4.78, 5) is 8.07. The molecule has 0 saturated carbocycles. The van der Waals surface area contributed by atoms with Gasteiger partial charge in [-0.2, -0.15) is 5.10 Å². The minimum Gasteiger partial charge on any atom is -0.244 e. The first-order valence-electron chi connectivity index (χ1n) is 4.44. The van der Waals surface area contributed by atoms with Crippen molar-refractivity contribution in [2.75, 3.05) is 0 Å². The van der Waals surface area contributed by atoms with E-state index in [0.29, 0.717) is 16.1 Å². The maximum atomic E-state index is 5.96. The molecule has 0 aliphatic rings. The van der Waals surface area contributed by atoms with Crippen molar-refractivity contribution in [3.05, 3.63) is 34.3 Å². The fourth-order valence-electron chi connectivity index (χ4n) is 1.11. The van der Waals surface area contributed by atoms with Crippen LogP contribution in [0.3, 0.4) is 0 Å². The molecule has 2 aromatic rings. The molecule has 0 fully saturated rings. The predicted molar refractivity (Wildman–Crippen MR) is 64.8 cm³/mol. The van der Waals surface area contributed by atoms with Crippen LogP contribution in [0.15, 0.2) is 23.6 Å². The van der Waals surface area contributed by atoms with Gasteiger partial charge in [0.2, 0.25) is 0 Å². The van der Waals surface area contributed by atoms with Gasteiger partial charge in [0.25, 0.3) is 0 Å². The van der Waals surface area contributed by atoms with E-state index >= 15 is 0 Å². The Morgan fingerprint density at radius 3 is 2.81 bits per heavy atom. The molecule has 0 aliphatic heterocycles. The van der Waals surface area contributed by atoms with Gasteiger partial charge >= 0.3 is 0 Å². The molecule has 0 aromatic carbocycles. The Morgan fingerprint density at radius 2 is 2.19 bits per heavy atom. The quantitative estimate of drug-likeness (QED) is 0.638. The van der Waals surface area contributed by atoms with E-state index in [1.165, 1.54) is 6.33 Å². The van der Waals surface area contributed by atoms with Crippen LogP contribution >= 0.6 is 35.0 Å². The molecule has 2 aromatic heterocycles. The van der Waals surface area contributed by atoms with Crippen molar-refractivity contribution in [2.24, 2.45) is 7.05 Å². The van der Waals surface area contributed by atoms with Gasteiger partial charge in [0.1, 0.15) is 16.6 Å². The van der Waals surface area contributed by atoms with Crippen LogP contribution < -0.4 is 0 Å². The highest BCUT2D eigenvalue weighted by Gasteiger charge is 2.06. The van der Waals surface area contributed by atoms with Crippen molar-refractivity contribution in [3.63, 3.8) is 0 Å². The van der Waals surface area contributed by atoms with Crippen molar-refractivity contribution >= 4 is 35.0 Å². The summed E-state index contributed by atoms with van der Waals surface area (Å²) in [5, 5.41) is 5.65. The lowest BCUT2D eigenvalue weighted by molar-refractivity contribution is 0.685. The molecule has 4 nitrogen and oxygen atoms in total. The zero-order valence-electron chi connectivity index (χ0n) is 8.39. The third-order valence-corrected chi connectivity index (χ3v) is 3.54. The van der Waals surface area contributed by atoms with Crippen LogP contribution in [-0.2, 0) is 12.8 Å². The molecule has 0 radical (unpaired) electrons. The maximum Gasteiger partial charge on any atom is 0.186 e. The van der Waals surface area contributed by atoms with Gasteiger partial charge in [-0.1, -0.05) is 41.0 Å². The lowest BCUT2D eigenvalue weighted by Gasteiger charge is -2.03. The number of aryl methyl sites for hydroxylation is 1. The Bertz CT molecular complexity index is 500. The van der Waals surface area contributed by atoms with E-state index in [-0.39, 0.29) is 0 Å². The number of pyridine rings is 1. The highest BCUT2D eigenvalue weighted by molar-refractivity contribution is 7.98. The molecule has 2 rings (SSSR count). The Kier molecular flexibility index (Phi) is 3.68. The molecule has 2 heterocycles. The largest absolute Gasteiger partial charge is 0.244 e. The Hall–Kier alpha value is -0.780. The smallest absolute Gasteiger partial charge is 0.186 e. The average Bonchev–Trinajstić information content (AvgIpc) is 2.63. The Morgan fingerprint density at radius 1 is 1.38 bits per heavy atom. The van der Waals surface area contributed by atoms with Crippen LogP contribution in [0.2, 0.25) is 10.3 Å². The first-order valence-corrected chi connectivity index (χ1v) is 6.18. The number of aromatic nitrogens is 4. The minimum absolute atomic E-state index is 0.400. The second-order valence-electron chi connectivity index (χ2n) is 3.04. The average molecular weight is 275 g/mol. The molecular formula is C9H8Cl2N4S. The van der Waals surface area contributed by atoms with Crippen molar-refractivity contribution in [1.82, 2.24) is 19.7 Å². The van der Waals surface area contributed by atoms with Gasteiger partial charge in [0.05, 0.1) is 0 Å². The normalized spacial score (nSPS) is 10.7. The molecule has 0 N–H and O–H groups in total. The molecule has 0 bridgehead atoms. The Labute approximate surface area is 107 Å². The van der Waals surface area contributed by atoms with Gasteiger partial charge in [-0.05, 0) is 11.6 Å². The summed E-state index contributed by atoms with van der Waals surface area (Å²) in [6.45, 7) is 0. The molecular weight excluding hydrogens is 267 g/mol. The summed E-state index contributed by atoms with van der Waals surface area (Å²) in [6.07, 6.45) is 1.52. The predicted octanol–water partition coefficient (Wildman–Crippen LogP) is 2.81. The van der Waals surface area contributed by atoms with Crippen LogP contribution in [0.25, 0.3) is 0 Å². The molecule has 16 heavy (non-hydrogen) atoms. The summed E-state index contributed by atoms with van der Waals surface area (Å²) in [6, 6.07) is 3.58. The lowest BCUT2D eigenvalue weighted by Crippen LogP contribution is -1.94. The van der Waals surface area contributed by atoms with E-state index in [1.807, 2.05) is 13.1 Å². The van der Waals surface area contributed by atoms with Crippen LogP contribution in [0.1, 0.15) is 5.56 Å². The van der Waals surface area contributed by atoms with Gasteiger partial charge in [-0.25, -0.2) is 14.6 Å². The van der Waals surface area contributed by atoms with Gasteiger partial charge in [0, 0.05) is 12.8 Å². The zero-order chi connectivity index (χ0) is 11.5. The number of rotatable bonds is 3. The molecule has 0 aliphatic carbocycles. The van der Waals surface area contributed by atoms with Gasteiger partial charge in [0.15, 0.2) is 5.16 Å². The van der Waals surface area contributed by atoms with Crippen LogP contribution in [-0.4, -0.2) is 19.7 Å². The number of thioether (sulfide) groups is 1. The summed E-state index contributed by atoms with van der Waals surface area (Å²) >= 11 is 13.2. The zero-order valence-corrected chi connectivity index (χ0v) is 10.7. The maximum absolute atomic E-state index is 5.96. The summed E-state index contributed by atoms with van der Waals surface area (Å²) in [5.41, 5.74) is 0.930. The summed E-state index contributed by atoms with van der Waals surface area (Å²) < 4.78 is 1.71. The SMILES string of the molecule is Cn1ncnc1SCc1ccc(Cl)nc1Cl.